The number of methoxy groups -OCH3 is 1. The second-order valence-electron chi connectivity index (χ2n) is 6.98. The average molecular weight is 384 g/mol. The molecular weight excluding hydrogens is 360 g/mol. The van der Waals surface area contributed by atoms with Crippen molar-refractivity contribution >= 4 is 5.97 Å². The fraction of sp³-hybridized carbons (Fsp3) is 0.429. The summed E-state index contributed by atoms with van der Waals surface area (Å²) in [5.74, 6) is 1.11. The van der Waals surface area contributed by atoms with Gasteiger partial charge < -0.3 is 18.9 Å². The van der Waals surface area contributed by atoms with Gasteiger partial charge in [-0.3, -0.25) is 9.88 Å². The number of benzene rings is 1. The molecule has 0 bridgehead atoms. The summed E-state index contributed by atoms with van der Waals surface area (Å²) < 4.78 is 21.9. The van der Waals surface area contributed by atoms with Gasteiger partial charge in [0, 0.05) is 32.3 Å². The van der Waals surface area contributed by atoms with Gasteiger partial charge in [-0.15, -0.1) is 0 Å². The Hall–Kier alpha value is -2.64. The second kappa shape index (κ2) is 8.58. The number of pyridine rings is 1. The Morgan fingerprint density at radius 1 is 1.29 bits per heavy atom. The number of rotatable bonds is 6. The van der Waals surface area contributed by atoms with Crippen LogP contribution in [-0.4, -0.2) is 62.0 Å². The van der Waals surface area contributed by atoms with E-state index in [1.54, 1.807) is 12.3 Å². The van der Waals surface area contributed by atoms with Gasteiger partial charge in [-0.2, -0.15) is 0 Å². The van der Waals surface area contributed by atoms with Crippen LogP contribution >= 0.6 is 0 Å². The Balaban J connectivity index is 1.31. The molecule has 1 atom stereocenters. The molecule has 2 aliphatic rings. The lowest BCUT2D eigenvalue weighted by atomic mass is 10.1. The fourth-order valence-corrected chi connectivity index (χ4v) is 3.54. The largest absolute Gasteiger partial charge is 0.493 e. The number of carbonyl (C=O) groups excluding carboxylic acids is 1. The topological polar surface area (TPSA) is 70.1 Å². The van der Waals surface area contributed by atoms with E-state index >= 15 is 0 Å². The van der Waals surface area contributed by atoms with E-state index < -0.39 is 5.97 Å². The Morgan fingerprint density at radius 2 is 2.21 bits per heavy atom. The maximum absolute atomic E-state index is 11.6. The minimum Gasteiger partial charge on any atom is -0.493 e. The summed E-state index contributed by atoms with van der Waals surface area (Å²) >= 11 is 0. The molecule has 0 aliphatic carbocycles. The molecule has 0 radical (unpaired) electrons. The van der Waals surface area contributed by atoms with Gasteiger partial charge in [-0.05, 0) is 23.3 Å². The maximum atomic E-state index is 11.6. The highest BCUT2D eigenvalue weighted by molar-refractivity contribution is 5.89. The zero-order valence-electron chi connectivity index (χ0n) is 15.9. The molecule has 0 spiro atoms. The maximum Gasteiger partial charge on any atom is 0.339 e. The molecule has 7 heteroatoms. The number of esters is 1. The molecular formula is C21H24N2O5. The van der Waals surface area contributed by atoms with E-state index in [2.05, 4.69) is 28.1 Å². The van der Waals surface area contributed by atoms with Gasteiger partial charge in [0.1, 0.15) is 24.2 Å². The van der Waals surface area contributed by atoms with Crippen molar-refractivity contribution in [2.24, 2.45) is 0 Å². The summed E-state index contributed by atoms with van der Waals surface area (Å²) in [5, 5.41) is 0. The standard InChI is InChI=1S/C21H24N2O5/c1-25-21(24)17-9-18(11-22-10-17)28-14-19-13-23(5-7-26-19)12-15-2-3-20-16(8-15)4-6-27-20/h2-3,8-11,19H,4-7,12-14H2,1H3. The monoisotopic (exact) mass is 384 g/mol. The third-order valence-corrected chi connectivity index (χ3v) is 4.95. The molecule has 3 heterocycles. The first kappa shape index (κ1) is 18.7. The van der Waals surface area contributed by atoms with E-state index in [0.29, 0.717) is 24.5 Å². The lowest BCUT2D eigenvalue weighted by molar-refractivity contribution is -0.0504. The molecule has 2 aromatic rings. The minimum atomic E-state index is -0.433. The van der Waals surface area contributed by atoms with Crippen molar-refractivity contribution in [3.8, 4) is 11.5 Å². The summed E-state index contributed by atoms with van der Waals surface area (Å²) in [7, 11) is 1.34. The third-order valence-electron chi connectivity index (χ3n) is 4.95. The number of nitrogens with zero attached hydrogens (tertiary/aromatic N) is 2. The van der Waals surface area contributed by atoms with Crippen LogP contribution in [0.5, 0.6) is 11.5 Å². The van der Waals surface area contributed by atoms with Gasteiger partial charge in [-0.1, -0.05) is 12.1 Å². The van der Waals surface area contributed by atoms with E-state index in [0.717, 1.165) is 38.4 Å². The van der Waals surface area contributed by atoms with E-state index in [4.69, 9.17) is 18.9 Å². The molecule has 148 valence electrons. The second-order valence-corrected chi connectivity index (χ2v) is 6.98. The van der Waals surface area contributed by atoms with Gasteiger partial charge in [0.25, 0.3) is 0 Å². The van der Waals surface area contributed by atoms with Crippen LogP contribution in [0.3, 0.4) is 0 Å². The van der Waals surface area contributed by atoms with E-state index in [9.17, 15) is 4.79 Å². The molecule has 1 unspecified atom stereocenters. The molecule has 0 saturated carbocycles. The number of hydrogen-bond acceptors (Lipinski definition) is 7. The lowest BCUT2D eigenvalue weighted by Gasteiger charge is -2.32. The first-order valence-corrected chi connectivity index (χ1v) is 9.46. The Kier molecular flexibility index (Phi) is 5.73. The van der Waals surface area contributed by atoms with Crippen molar-refractivity contribution < 1.29 is 23.7 Å². The summed E-state index contributed by atoms with van der Waals surface area (Å²) in [6, 6.07) is 8.08. The molecule has 0 amide bonds. The molecule has 1 aromatic carbocycles. The lowest BCUT2D eigenvalue weighted by Crippen LogP contribution is -2.44. The van der Waals surface area contributed by atoms with Crippen LogP contribution < -0.4 is 9.47 Å². The predicted molar refractivity (Wildman–Crippen MR) is 102 cm³/mol. The highest BCUT2D eigenvalue weighted by atomic mass is 16.5. The van der Waals surface area contributed by atoms with Crippen LogP contribution in [0.15, 0.2) is 36.7 Å². The minimum absolute atomic E-state index is 0.0340. The highest BCUT2D eigenvalue weighted by Gasteiger charge is 2.22. The summed E-state index contributed by atoms with van der Waals surface area (Å²) in [6.07, 6.45) is 3.99. The van der Waals surface area contributed by atoms with Crippen LogP contribution in [0, 0.1) is 0 Å². The normalized spacial score (nSPS) is 19.0. The molecule has 1 saturated heterocycles. The van der Waals surface area contributed by atoms with E-state index in [1.807, 2.05) is 0 Å². The molecule has 0 N–H and O–H groups in total. The van der Waals surface area contributed by atoms with Crippen LogP contribution in [0.25, 0.3) is 0 Å². The SMILES string of the molecule is COC(=O)c1cncc(OCC2CN(Cc3ccc4c(c3)CCO4)CCO2)c1. The van der Waals surface area contributed by atoms with Crippen LogP contribution in [0.1, 0.15) is 21.5 Å². The zero-order valence-corrected chi connectivity index (χ0v) is 15.9. The quantitative estimate of drug-likeness (QED) is 0.706. The number of carbonyl (C=O) groups is 1. The summed E-state index contributed by atoms with van der Waals surface area (Å²) in [4.78, 5) is 18.0. The van der Waals surface area contributed by atoms with Crippen molar-refractivity contribution in [3.05, 3.63) is 53.3 Å². The molecule has 2 aliphatic heterocycles. The van der Waals surface area contributed by atoms with Gasteiger partial charge in [-0.25, -0.2) is 4.79 Å². The van der Waals surface area contributed by atoms with Crippen LogP contribution in [0.2, 0.25) is 0 Å². The summed E-state index contributed by atoms with van der Waals surface area (Å²) in [6.45, 7) is 4.42. The Bertz CT molecular complexity index is 841. The molecule has 1 fully saturated rings. The van der Waals surface area contributed by atoms with E-state index in [1.165, 1.54) is 24.4 Å². The van der Waals surface area contributed by atoms with Gasteiger partial charge in [0.15, 0.2) is 0 Å². The average Bonchev–Trinajstić information content (AvgIpc) is 3.20. The third kappa shape index (κ3) is 4.43. The van der Waals surface area contributed by atoms with Crippen molar-refractivity contribution in [3.63, 3.8) is 0 Å². The molecule has 28 heavy (non-hydrogen) atoms. The number of fused-ring (bicyclic) bond motifs is 1. The first-order chi connectivity index (χ1) is 13.7. The smallest absolute Gasteiger partial charge is 0.339 e. The van der Waals surface area contributed by atoms with Crippen molar-refractivity contribution in [1.82, 2.24) is 9.88 Å². The first-order valence-electron chi connectivity index (χ1n) is 9.46. The number of hydrogen-bond donors (Lipinski definition) is 0. The van der Waals surface area contributed by atoms with E-state index in [-0.39, 0.29) is 6.10 Å². The number of ether oxygens (including phenoxy) is 4. The molecule has 7 nitrogen and oxygen atoms in total. The Morgan fingerprint density at radius 3 is 3.11 bits per heavy atom. The van der Waals surface area contributed by atoms with Crippen molar-refractivity contribution in [1.29, 1.82) is 0 Å². The molecule has 4 rings (SSSR count). The molecule has 1 aromatic heterocycles. The van der Waals surface area contributed by atoms with Crippen LogP contribution in [0.4, 0.5) is 0 Å². The number of aromatic nitrogens is 1. The van der Waals surface area contributed by atoms with Crippen molar-refractivity contribution in [2.45, 2.75) is 19.1 Å². The van der Waals surface area contributed by atoms with Gasteiger partial charge >= 0.3 is 5.97 Å². The fourth-order valence-electron chi connectivity index (χ4n) is 3.54. The summed E-state index contributed by atoms with van der Waals surface area (Å²) in [5.41, 5.74) is 2.95. The number of morpholine rings is 1. The van der Waals surface area contributed by atoms with Crippen molar-refractivity contribution in [2.75, 3.05) is 40.0 Å². The zero-order chi connectivity index (χ0) is 19.3. The van der Waals surface area contributed by atoms with Crippen LogP contribution in [-0.2, 0) is 22.4 Å². The van der Waals surface area contributed by atoms with Gasteiger partial charge in [0.2, 0.25) is 0 Å². The van der Waals surface area contributed by atoms with Gasteiger partial charge in [0.05, 0.1) is 32.1 Å². The Labute approximate surface area is 164 Å². The predicted octanol–water partition coefficient (Wildman–Crippen LogP) is 2.08. The highest BCUT2D eigenvalue weighted by Crippen LogP contribution is 2.26.